The standard InChI is InChI=1S/C15H22ClN3O/c1-10-6-13(16)4-5-14(10)18-15(20)9-19-8-11(2)17-7-12(19)3/h4-6,11-12,17H,7-9H2,1-3H3,(H,18,20). The molecule has 1 aliphatic rings. The van der Waals surface area contributed by atoms with Crippen LogP contribution in [0.15, 0.2) is 18.2 Å². The van der Waals surface area contributed by atoms with Crippen LogP contribution in [-0.4, -0.2) is 42.5 Å². The Morgan fingerprint density at radius 2 is 2.25 bits per heavy atom. The molecule has 1 aromatic carbocycles. The molecule has 5 heteroatoms. The van der Waals surface area contributed by atoms with Crippen LogP contribution in [0.3, 0.4) is 0 Å². The second-order valence-electron chi connectivity index (χ2n) is 5.60. The van der Waals surface area contributed by atoms with Gasteiger partial charge in [-0.15, -0.1) is 0 Å². The summed E-state index contributed by atoms with van der Waals surface area (Å²) in [5.41, 5.74) is 1.81. The third-order valence-corrected chi connectivity index (χ3v) is 3.94. The van der Waals surface area contributed by atoms with E-state index in [-0.39, 0.29) is 5.91 Å². The van der Waals surface area contributed by atoms with Crippen LogP contribution in [0.4, 0.5) is 5.69 Å². The minimum absolute atomic E-state index is 0.0244. The van der Waals surface area contributed by atoms with Crippen molar-refractivity contribution >= 4 is 23.2 Å². The number of nitrogens with one attached hydrogen (secondary N) is 2. The summed E-state index contributed by atoms with van der Waals surface area (Å²) >= 11 is 5.92. The van der Waals surface area contributed by atoms with Crippen LogP contribution in [0.25, 0.3) is 0 Å². The monoisotopic (exact) mass is 295 g/mol. The van der Waals surface area contributed by atoms with Crippen molar-refractivity contribution in [3.63, 3.8) is 0 Å². The van der Waals surface area contributed by atoms with E-state index in [1.807, 2.05) is 19.1 Å². The predicted molar refractivity (Wildman–Crippen MR) is 83.3 cm³/mol. The van der Waals surface area contributed by atoms with Crippen LogP contribution in [0.5, 0.6) is 0 Å². The van der Waals surface area contributed by atoms with E-state index in [0.717, 1.165) is 24.3 Å². The van der Waals surface area contributed by atoms with Crippen molar-refractivity contribution in [2.75, 3.05) is 25.0 Å². The zero-order chi connectivity index (χ0) is 14.7. The normalized spacial score (nSPS) is 23.6. The van der Waals surface area contributed by atoms with E-state index in [1.54, 1.807) is 6.07 Å². The Bertz CT molecular complexity index is 492. The maximum atomic E-state index is 12.2. The number of hydrogen-bond donors (Lipinski definition) is 2. The molecular formula is C15H22ClN3O. The molecule has 4 nitrogen and oxygen atoms in total. The molecular weight excluding hydrogens is 274 g/mol. The van der Waals surface area contributed by atoms with Gasteiger partial charge in [0, 0.05) is 35.9 Å². The highest BCUT2D eigenvalue weighted by atomic mass is 35.5. The van der Waals surface area contributed by atoms with Crippen molar-refractivity contribution in [3.05, 3.63) is 28.8 Å². The van der Waals surface area contributed by atoms with E-state index in [2.05, 4.69) is 29.4 Å². The van der Waals surface area contributed by atoms with Gasteiger partial charge in [-0.25, -0.2) is 0 Å². The number of hydrogen-bond acceptors (Lipinski definition) is 3. The fourth-order valence-corrected chi connectivity index (χ4v) is 2.69. The van der Waals surface area contributed by atoms with E-state index in [4.69, 9.17) is 11.6 Å². The number of halogens is 1. The van der Waals surface area contributed by atoms with Gasteiger partial charge in [0.1, 0.15) is 0 Å². The predicted octanol–water partition coefficient (Wildman–Crippen LogP) is 2.27. The lowest BCUT2D eigenvalue weighted by atomic mass is 10.1. The zero-order valence-electron chi connectivity index (χ0n) is 12.2. The van der Waals surface area contributed by atoms with Crippen molar-refractivity contribution in [1.29, 1.82) is 0 Å². The fourth-order valence-electron chi connectivity index (χ4n) is 2.46. The first-order valence-corrected chi connectivity index (χ1v) is 7.37. The molecule has 0 radical (unpaired) electrons. The quantitative estimate of drug-likeness (QED) is 0.899. The molecule has 20 heavy (non-hydrogen) atoms. The number of aryl methyl sites for hydroxylation is 1. The van der Waals surface area contributed by atoms with Gasteiger partial charge < -0.3 is 10.6 Å². The van der Waals surface area contributed by atoms with Crippen LogP contribution in [0.2, 0.25) is 5.02 Å². The Kier molecular flexibility index (Phi) is 5.02. The van der Waals surface area contributed by atoms with Crippen molar-refractivity contribution in [1.82, 2.24) is 10.2 Å². The minimum atomic E-state index is 0.0244. The van der Waals surface area contributed by atoms with Gasteiger partial charge in [-0.3, -0.25) is 9.69 Å². The number of carbonyl (C=O) groups is 1. The molecule has 1 amide bonds. The van der Waals surface area contributed by atoms with E-state index < -0.39 is 0 Å². The van der Waals surface area contributed by atoms with Gasteiger partial charge in [0.25, 0.3) is 0 Å². The number of carbonyl (C=O) groups excluding carboxylic acids is 1. The lowest BCUT2D eigenvalue weighted by Gasteiger charge is -2.36. The number of benzene rings is 1. The van der Waals surface area contributed by atoms with Gasteiger partial charge in [-0.05, 0) is 44.5 Å². The van der Waals surface area contributed by atoms with E-state index in [9.17, 15) is 4.79 Å². The maximum Gasteiger partial charge on any atom is 0.238 e. The summed E-state index contributed by atoms with van der Waals surface area (Å²) in [5, 5.41) is 7.06. The Morgan fingerprint density at radius 3 is 2.95 bits per heavy atom. The maximum absolute atomic E-state index is 12.2. The molecule has 1 heterocycles. The number of anilines is 1. The van der Waals surface area contributed by atoms with E-state index >= 15 is 0 Å². The second kappa shape index (κ2) is 6.57. The first-order valence-electron chi connectivity index (χ1n) is 6.99. The van der Waals surface area contributed by atoms with Gasteiger partial charge in [-0.1, -0.05) is 11.6 Å². The largest absolute Gasteiger partial charge is 0.325 e. The average Bonchev–Trinajstić information content (AvgIpc) is 2.37. The fraction of sp³-hybridized carbons (Fsp3) is 0.533. The molecule has 0 aromatic heterocycles. The molecule has 1 aromatic rings. The molecule has 1 aliphatic heterocycles. The van der Waals surface area contributed by atoms with Crippen molar-refractivity contribution < 1.29 is 4.79 Å². The third kappa shape index (κ3) is 3.95. The molecule has 1 saturated heterocycles. The van der Waals surface area contributed by atoms with Gasteiger partial charge in [0.15, 0.2) is 0 Å². The van der Waals surface area contributed by atoms with Crippen LogP contribution in [-0.2, 0) is 4.79 Å². The number of rotatable bonds is 3. The molecule has 2 atom stereocenters. The Balaban J connectivity index is 1.94. The zero-order valence-corrected chi connectivity index (χ0v) is 13.0. The summed E-state index contributed by atoms with van der Waals surface area (Å²) in [7, 11) is 0. The average molecular weight is 296 g/mol. The number of amides is 1. The van der Waals surface area contributed by atoms with E-state index in [1.165, 1.54) is 0 Å². The van der Waals surface area contributed by atoms with Gasteiger partial charge in [-0.2, -0.15) is 0 Å². The molecule has 0 bridgehead atoms. The second-order valence-corrected chi connectivity index (χ2v) is 6.03. The van der Waals surface area contributed by atoms with E-state index in [0.29, 0.717) is 23.7 Å². The van der Waals surface area contributed by atoms with Gasteiger partial charge in [0.2, 0.25) is 5.91 Å². The first kappa shape index (κ1) is 15.3. The van der Waals surface area contributed by atoms with Gasteiger partial charge in [0.05, 0.1) is 6.54 Å². The number of nitrogens with zero attached hydrogens (tertiary/aromatic N) is 1. The number of piperazine rings is 1. The third-order valence-electron chi connectivity index (χ3n) is 3.70. The first-order chi connectivity index (χ1) is 9.45. The SMILES string of the molecule is Cc1cc(Cl)ccc1NC(=O)CN1CC(C)NCC1C. The van der Waals surface area contributed by atoms with Gasteiger partial charge >= 0.3 is 0 Å². The minimum Gasteiger partial charge on any atom is -0.325 e. The Morgan fingerprint density at radius 1 is 1.50 bits per heavy atom. The topological polar surface area (TPSA) is 44.4 Å². The van der Waals surface area contributed by atoms with Crippen LogP contribution in [0, 0.1) is 6.92 Å². The summed E-state index contributed by atoms with van der Waals surface area (Å²) in [4.78, 5) is 14.4. The molecule has 2 N–H and O–H groups in total. The lowest BCUT2D eigenvalue weighted by Crippen LogP contribution is -2.55. The molecule has 110 valence electrons. The smallest absolute Gasteiger partial charge is 0.238 e. The highest BCUT2D eigenvalue weighted by molar-refractivity contribution is 6.30. The highest BCUT2D eigenvalue weighted by Crippen LogP contribution is 2.19. The van der Waals surface area contributed by atoms with Crippen molar-refractivity contribution in [3.8, 4) is 0 Å². The summed E-state index contributed by atoms with van der Waals surface area (Å²) in [6, 6.07) is 6.30. The van der Waals surface area contributed by atoms with Crippen LogP contribution >= 0.6 is 11.6 Å². The van der Waals surface area contributed by atoms with Crippen molar-refractivity contribution in [2.24, 2.45) is 0 Å². The Labute approximate surface area is 125 Å². The summed E-state index contributed by atoms with van der Waals surface area (Å²) < 4.78 is 0. The van der Waals surface area contributed by atoms with Crippen molar-refractivity contribution in [2.45, 2.75) is 32.9 Å². The van der Waals surface area contributed by atoms with Crippen LogP contribution in [0.1, 0.15) is 19.4 Å². The molecule has 2 unspecified atom stereocenters. The molecule has 0 spiro atoms. The summed E-state index contributed by atoms with van der Waals surface area (Å²) in [5.74, 6) is 0.0244. The molecule has 1 fully saturated rings. The lowest BCUT2D eigenvalue weighted by molar-refractivity contribution is -0.118. The van der Waals surface area contributed by atoms with Crippen LogP contribution < -0.4 is 10.6 Å². The molecule has 2 rings (SSSR count). The summed E-state index contributed by atoms with van der Waals surface area (Å²) in [6.07, 6.45) is 0. The highest BCUT2D eigenvalue weighted by Gasteiger charge is 2.24. The Hall–Kier alpha value is -1.10. The summed E-state index contributed by atoms with van der Waals surface area (Å²) in [6.45, 7) is 8.47. The molecule has 0 aliphatic carbocycles. The molecule has 0 saturated carbocycles.